The normalized spacial score (nSPS) is 23.6. The van der Waals surface area contributed by atoms with Gasteiger partial charge in [0, 0.05) is 18.4 Å². The van der Waals surface area contributed by atoms with Crippen LogP contribution in [0.2, 0.25) is 5.04 Å². The minimum Gasteiger partial charge on any atom is -0.497 e. The smallest absolute Gasteiger partial charge is 0.261 e. The van der Waals surface area contributed by atoms with Crippen LogP contribution in [0.25, 0.3) is 0 Å². The molecule has 3 aliphatic rings. The summed E-state index contributed by atoms with van der Waals surface area (Å²) in [5.74, 6) is 0.463. The largest absolute Gasteiger partial charge is 0.497 e. The van der Waals surface area contributed by atoms with Crippen LogP contribution in [0, 0.1) is 23.2 Å². The maximum atomic E-state index is 14.8. The fraction of sp³-hybridized carbons (Fsp3) is 0.531. The minimum atomic E-state index is -2.77. The van der Waals surface area contributed by atoms with Gasteiger partial charge in [0.25, 0.3) is 8.32 Å². The molecular weight excluding hydrogens is 713 g/mol. The summed E-state index contributed by atoms with van der Waals surface area (Å²) in [5.41, 5.74) is 1.85. The Bertz CT molecular complexity index is 1710. The molecule has 3 aromatic carbocycles. The van der Waals surface area contributed by atoms with Gasteiger partial charge in [-0.3, -0.25) is 4.79 Å². The first-order valence-electron chi connectivity index (χ1n) is 21.1. The summed E-state index contributed by atoms with van der Waals surface area (Å²) in [6.07, 6.45) is 14.1. The summed E-state index contributed by atoms with van der Waals surface area (Å²) in [4.78, 5) is 14.8. The number of allylic oxidation sites excluding steroid dienone is 3. The number of fused-ring (bicyclic) bond motifs is 3. The Kier molecular flexibility index (Phi) is 14.0. The molecular formula is C49H66O6Si. The Morgan fingerprint density at radius 2 is 1.50 bits per heavy atom. The molecule has 1 spiro atoms. The van der Waals surface area contributed by atoms with E-state index in [-0.39, 0.29) is 28.9 Å². The molecule has 3 aromatic rings. The number of ether oxygens (including phenoxy) is 4. The molecule has 2 fully saturated rings. The van der Waals surface area contributed by atoms with Crippen molar-refractivity contribution in [2.24, 2.45) is 23.2 Å². The Morgan fingerprint density at radius 3 is 2.09 bits per heavy atom. The van der Waals surface area contributed by atoms with Gasteiger partial charge in [0.1, 0.15) is 11.5 Å². The van der Waals surface area contributed by atoms with Crippen molar-refractivity contribution >= 4 is 24.5 Å². The van der Waals surface area contributed by atoms with E-state index in [2.05, 4.69) is 119 Å². The minimum absolute atomic E-state index is 0.0814. The number of hydrogen-bond donors (Lipinski definition) is 0. The number of Topliss-reactive ketones (excluding diaryl/α,β-unsaturated/α-hetero) is 1. The van der Waals surface area contributed by atoms with Crippen molar-refractivity contribution in [2.75, 3.05) is 26.9 Å². The van der Waals surface area contributed by atoms with Crippen molar-refractivity contribution in [2.45, 2.75) is 116 Å². The number of carbonyl (C=O) groups is 1. The van der Waals surface area contributed by atoms with E-state index in [0.29, 0.717) is 45.1 Å². The maximum absolute atomic E-state index is 14.8. The van der Waals surface area contributed by atoms with Gasteiger partial charge in [-0.1, -0.05) is 125 Å². The van der Waals surface area contributed by atoms with Crippen LogP contribution < -0.4 is 15.1 Å². The van der Waals surface area contributed by atoms with Crippen LogP contribution >= 0.6 is 0 Å². The first kappa shape index (κ1) is 42.3. The van der Waals surface area contributed by atoms with Gasteiger partial charge < -0.3 is 23.4 Å². The quantitative estimate of drug-likeness (QED) is 0.0820. The molecule has 0 radical (unpaired) electrons. The molecule has 0 N–H and O–H groups in total. The van der Waals surface area contributed by atoms with E-state index in [4.69, 9.17) is 23.4 Å². The Hall–Kier alpha value is -3.33. The molecule has 56 heavy (non-hydrogen) atoms. The van der Waals surface area contributed by atoms with Crippen LogP contribution in [-0.2, 0) is 30.0 Å². The highest BCUT2D eigenvalue weighted by molar-refractivity contribution is 6.99. The molecule has 0 aromatic heterocycles. The number of rotatable bonds is 16. The summed E-state index contributed by atoms with van der Waals surface area (Å²) in [6, 6.07) is 29.8. The zero-order valence-electron chi connectivity index (χ0n) is 35.1. The summed E-state index contributed by atoms with van der Waals surface area (Å²) >= 11 is 0. The van der Waals surface area contributed by atoms with E-state index >= 15 is 0 Å². The highest BCUT2D eigenvalue weighted by Crippen LogP contribution is 2.53. The van der Waals surface area contributed by atoms with Gasteiger partial charge in [-0.05, 0) is 103 Å². The Labute approximate surface area is 338 Å². The first-order valence-corrected chi connectivity index (χ1v) is 23.0. The SMILES string of the molecule is C/C=C/CCCCC[C@@H]1C=C2C(OCc3ccc(OC)cc3)[C@H](C(=O)CCC23COC(C)(C)OC3)[C@H]1CCO[Si](c1ccccc1)(c1ccccc1)C(C)(C)C. The van der Waals surface area contributed by atoms with Crippen molar-refractivity contribution in [3.05, 3.63) is 114 Å². The molecule has 0 amide bonds. The van der Waals surface area contributed by atoms with Crippen LogP contribution in [0.4, 0.5) is 0 Å². The fourth-order valence-electron chi connectivity index (χ4n) is 9.60. The topological polar surface area (TPSA) is 63.2 Å². The average Bonchev–Trinajstić information content (AvgIpc) is 3.27. The van der Waals surface area contributed by atoms with Gasteiger partial charge in [0.15, 0.2) is 5.79 Å². The third-order valence-electron chi connectivity index (χ3n) is 12.7. The maximum Gasteiger partial charge on any atom is 0.261 e. The molecule has 302 valence electrons. The standard InChI is InChI=1S/C49H66O6Si/c1-8-9-10-11-12-15-20-38-33-43-46(52-34-37-25-27-39(51-7)28-26-37)45(44(50)29-31-49(43)35-53-48(5,6)54-36-49)42(38)30-32-55-56(47(2,3)4,40-21-16-13-17-22-40)41-23-18-14-19-24-41/h8-9,13-14,16-19,21-28,33,38,42,45-46H,10-12,15,20,29-32,34-36H2,1-7H3/b9-8+/t38-,42+,45+,46?/m1/s1. The van der Waals surface area contributed by atoms with Crippen molar-refractivity contribution < 1.29 is 28.2 Å². The zero-order valence-corrected chi connectivity index (χ0v) is 36.1. The molecule has 2 aliphatic carbocycles. The van der Waals surface area contributed by atoms with Gasteiger partial charge in [0.2, 0.25) is 0 Å². The summed E-state index contributed by atoms with van der Waals surface area (Å²) < 4.78 is 32.9. The van der Waals surface area contributed by atoms with Gasteiger partial charge in [0.05, 0.1) is 39.0 Å². The lowest BCUT2D eigenvalue weighted by Gasteiger charge is -2.49. The van der Waals surface area contributed by atoms with Crippen LogP contribution in [-0.4, -0.2) is 52.9 Å². The number of methoxy groups -OCH3 is 1. The van der Waals surface area contributed by atoms with Crippen LogP contribution in [0.1, 0.15) is 98.5 Å². The van der Waals surface area contributed by atoms with E-state index in [1.165, 1.54) is 22.4 Å². The summed E-state index contributed by atoms with van der Waals surface area (Å²) in [5, 5.41) is 2.41. The van der Waals surface area contributed by atoms with Crippen molar-refractivity contribution in [1.29, 1.82) is 0 Å². The predicted octanol–water partition coefficient (Wildman–Crippen LogP) is 9.99. The van der Waals surface area contributed by atoms with E-state index < -0.39 is 19.5 Å². The van der Waals surface area contributed by atoms with Crippen LogP contribution in [0.15, 0.2) is 109 Å². The predicted molar refractivity (Wildman–Crippen MR) is 229 cm³/mol. The molecule has 1 heterocycles. The lowest BCUT2D eigenvalue weighted by molar-refractivity contribution is -0.281. The molecule has 2 bridgehead atoms. The molecule has 1 unspecified atom stereocenters. The Morgan fingerprint density at radius 1 is 0.857 bits per heavy atom. The highest BCUT2D eigenvalue weighted by Gasteiger charge is 2.55. The zero-order chi connectivity index (χ0) is 39.8. The second-order valence-electron chi connectivity index (χ2n) is 17.8. The molecule has 7 heteroatoms. The molecule has 4 atom stereocenters. The number of unbranched alkanes of at least 4 members (excludes halogenated alkanes) is 3. The van der Waals surface area contributed by atoms with Crippen LogP contribution in [0.5, 0.6) is 5.75 Å². The van der Waals surface area contributed by atoms with E-state index in [0.717, 1.165) is 43.4 Å². The van der Waals surface area contributed by atoms with Crippen molar-refractivity contribution in [1.82, 2.24) is 0 Å². The van der Waals surface area contributed by atoms with E-state index in [1.807, 2.05) is 26.0 Å². The molecule has 6 nitrogen and oxygen atoms in total. The number of carbonyl (C=O) groups excluding carboxylic acids is 1. The van der Waals surface area contributed by atoms with E-state index in [1.54, 1.807) is 7.11 Å². The summed E-state index contributed by atoms with van der Waals surface area (Å²) in [7, 11) is -1.09. The van der Waals surface area contributed by atoms with E-state index in [9.17, 15) is 4.79 Å². The second-order valence-corrected chi connectivity index (χ2v) is 22.1. The fourth-order valence-corrected chi connectivity index (χ4v) is 14.2. The third kappa shape index (κ3) is 9.34. The first-order chi connectivity index (χ1) is 26.9. The van der Waals surface area contributed by atoms with Crippen molar-refractivity contribution in [3.63, 3.8) is 0 Å². The summed E-state index contributed by atoms with van der Waals surface area (Å²) in [6.45, 7) is 15.1. The number of benzene rings is 3. The molecule has 1 saturated carbocycles. The molecule has 1 saturated heterocycles. The van der Waals surface area contributed by atoms with Crippen LogP contribution in [0.3, 0.4) is 0 Å². The van der Waals surface area contributed by atoms with Crippen molar-refractivity contribution in [3.8, 4) is 5.75 Å². The lowest BCUT2D eigenvalue weighted by atomic mass is 9.63. The van der Waals surface area contributed by atoms with Gasteiger partial charge in [-0.25, -0.2) is 0 Å². The Balaban J connectivity index is 1.38. The van der Waals surface area contributed by atoms with Gasteiger partial charge >= 0.3 is 0 Å². The monoisotopic (exact) mass is 778 g/mol. The average molecular weight is 779 g/mol. The lowest BCUT2D eigenvalue weighted by Crippen LogP contribution is -2.66. The van der Waals surface area contributed by atoms with Gasteiger partial charge in [-0.15, -0.1) is 0 Å². The number of ketones is 1. The third-order valence-corrected chi connectivity index (χ3v) is 17.7. The highest BCUT2D eigenvalue weighted by atomic mass is 28.4. The molecule has 1 aliphatic heterocycles. The second kappa shape index (κ2) is 18.5. The molecule has 6 rings (SSSR count). The van der Waals surface area contributed by atoms with Gasteiger partial charge in [-0.2, -0.15) is 0 Å². The number of hydrogen-bond acceptors (Lipinski definition) is 6.